The summed E-state index contributed by atoms with van der Waals surface area (Å²) in [6.07, 6.45) is 1.89. The Morgan fingerprint density at radius 3 is 2.46 bits per heavy atom. The topological polar surface area (TPSA) is 26.3 Å². The first-order valence-corrected chi connectivity index (χ1v) is 4.46. The molecule has 0 radical (unpaired) electrons. The number of methoxy groups -OCH3 is 1. The number of rotatable bonds is 4. The van der Waals surface area contributed by atoms with Gasteiger partial charge in [0.15, 0.2) is 6.54 Å². The third-order valence-electron chi connectivity index (χ3n) is 1.65. The van der Waals surface area contributed by atoms with Gasteiger partial charge in [-0.1, -0.05) is 11.6 Å². The average Bonchev–Trinajstić information content (AvgIpc) is 2.00. The van der Waals surface area contributed by atoms with Crippen LogP contribution in [0.15, 0.2) is 11.1 Å². The summed E-state index contributed by atoms with van der Waals surface area (Å²) in [6.45, 7) is 2.90. The molecule has 0 atom stereocenters. The molecular weight excluding hydrogens is 190 g/mol. The van der Waals surface area contributed by atoms with Gasteiger partial charge in [-0.3, -0.25) is 0 Å². The first-order chi connectivity index (χ1) is 5.87. The number of esters is 1. The Kier molecular flexibility index (Phi) is 5.03. The van der Waals surface area contributed by atoms with Gasteiger partial charge in [0, 0.05) is 5.03 Å². The van der Waals surface area contributed by atoms with Crippen LogP contribution in [0.3, 0.4) is 0 Å². The molecule has 4 heteroatoms. The van der Waals surface area contributed by atoms with E-state index in [-0.39, 0.29) is 5.97 Å². The average molecular weight is 207 g/mol. The maximum absolute atomic E-state index is 11.0. The van der Waals surface area contributed by atoms with Crippen molar-refractivity contribution >= 4 is 17.6 Å². The first-order valence-electron chi connectivity index (χ1n) is 4.08. The van der Waals surface area contributed by atoms with Crippen molar-refractivity contribution in [1.29, 1.82) is 0 Å². The van der Waals surface area contributed by atoms with Gasteiger partial charge in [-0.25, -0.2) is 4.79 Å². The van der Waals surface area contributed by atoms with E-state index in [1.165, 1.54) is 7.11 Å². The van der Waals surface area contributed by atoms with Crippen LogP contribution < -0.4 is 0 Å². The van der Waals surface area contributed by atoms with E-state index in [0.717, 1.165) is 11.6 Å². The summed E-state index contributed by atoms with van der Waals surface area (Å²) < 4.78 is 5.14. The lowest BCUT2D eigenvalue weighted by atomic mass is 10.4. The molecule has 0 saturated heterocycles. The smallest absolute Gasteiger partial charge is 0.361 e. The number of halogens is 1. The van der Waals surface area contributed by atoms with Crippen LogP contribution in [0, 0.1) is 0 Å². The fourth-order valence-electron chi connectivity index (χ4n) is 0.851. The highest BCUT2D eigenvalue weighted by atomic mass is 35.5. The first kappa shape index (κ1) is 12.5. The summed E-state index contributed by atoms with van der Waals surface area (Å²) in [5, 5.41) is 0.746. The quantitative estimate of drug-likeness (QED) is 0.513. The molecular formula is C9H17ClNO2+. The summed E-state index contributed by atoms with van der Waals surface area (Å²) in [7, 11) is 5.30. The molecule has 76 valence electrons. The van der Waals surface area contributed by atoms with Crippen molar-refractivity contribution in [2.24, 2.45) is 0 Å². The maximum atomic E-state index is 11.0. The van der Waals surface area contributed by atoms with Crippen LogP contribution in [0.1, 0.15) is 6.92 Å². The van der Waals surface area contributed by atoms with Gasteiger partial charge in [0.25, 0.3) is 0 Å². The van der Waals surface area contributed by atoms with Crippen molar-refractivity contribution < 1.29 is 14.0 Å². The van der Waals surface area contributed by atoms with Gasteiger partial charge in [-0.2, -0.15) is 0 Å². The molecule has 0 saturated carbocycles. The van der Waals surface area contributed by atoms with E-state index < -0.39 is 0 Å². The van der Waals surface area contributed by atoms with Gasteiger partial charge in [0.2, 0.25) is 0 Å². The molecule has 0 aromatic carbocycles. The summed E-state index contributed by atoms with van der Waals surface area (Å²) in [6, 6.07) is 0. The van der Waals surface area contributed by atoms with Crippen LogP contribution in [0.25, 0.3) is 0 Å². The zero-order valence-electron chi connectivity index (χ0n) is 8.63. The van der Waals surface area contributed by atoms with Gasteiger partial charge in [0.1, 0.15) is 0 Å². The summed E-state index contributed by atoms with van der Waals surface area (Å²) in [5.74, 6) is -0.203. The molecule has 0 aromatic heterocycles. The second kappa shape index (κ2) is 5.25. The van der Waals surface area contributed by atoms with Crippen LogP contribution in [0.4, 0.5) is 0 Å². The highest BCUT2D eigenvalue weighted by molar-refractivity contribution is 6.29. The SMILES string of the molecule is COC(=O)C[N+](C)(C)CC=C(C)Cl. The van der Waals surface area contributed by atoms with Crippen LogP contribution in [0.2, 0.25) is 0 Å². The number of carbonyl (C=O) groups is 1. The second-order valence-corrected chi connectivity index (χ2v) is 4.24. The fourth-order valence-corrected chi connectivity index (χ4v) is 0.921. The number of hydrogen-bond acceptors (Lipinski definition) is 2. The number of nitrogens with zero attached hydrogens (tertiary/aromatic N) is 1. The third kappa shape index (κ3) is 6.61. The van der Waals surface area contributed by atoms with Crippen LogP contribution >= 0.6 is 11.6 Å². The Morgan fingerprint density at radius 1 is 1.54 bits per heavy atom. The molecule has 0 aromatic rings. The van der Waals surface area contributed by atoms with Crippen molar-refractivity contribution in [1.82, 2.24) is 0 Å². The standard InChI is InChI=1S/C9H17ClNO2/c1-8(10)5-6-11(2,3)7-9(12)13-4/h5H,6-7H2,1-4H3/q+1. The minimum absolute atomic E-state index is 0.203. The molecule has 0 N–H and O–H groups in total. The van der Waals surface area contributed by atoms with E-state index in [1.54, 1.807) is 0 Å². The number of ether oxygens (including phenoxy) is 1. The Morgan fingerprint density at radius 2 is 2.08 bits per heavy atom. The summed E-state index contributed by atoms with van der Waals surface area (Å²) in [4.78, 5) is 11.0. The van der Waals surface area contributed by atoms with Gasteiger partial charge in [-0.15, -0.1) is 0 Å². The highest BCUT2D eigenvalue weighted by Crippen LogP contribution is 2.03. The zero-order valence-corrected chi connectivity index (χ0v) is 9.39. The zero-order chi connectivity index (χ0) is 10.5. The molecule has 0 fully saturated rings. The molecule has 0 heterocycles. The summed E-state index contributed by atoms with van der Waals surface area (Å²) in [5.41, 5.74) is 0. The van der Waals surface area contributed by atoms with Gasteiger partial charge in [-0.05, 0) is 13.0 Å². The lowest BCUT2D eigenvalue weighted by Gasteiger charge is -2.26. The molecule has 0 amide bonds. The van der Waals surface area contributed by atoms with Crippen molar-refractivity contribution in [2.75, 3.05) is 34.3 Å². The Labute approximate surface area is 84.5 Å². The number of hydrogen-bond donors (Lipinski definition) is 0. The minimum Gasteiger partial charge on any atom is -0.465 e. The van der Waals surface area contributed by atoms with Crippen molar-refractivity contribution in [3.05, 3.63) is 11.1 Å². The highest BCUT2D eigenvalue weighted by Gasteiger charge is 2.18. The number of quaternary nitrogens is 1. The monoisotopic (exact) mass is 206 g/mol. The number of likely N-dealkylation sites (N-methyl/N-ethyl adjacent to an activating group) is 1. The molecule has 3 nitrogen and oxygen atoms in total. The van der Waals surface area contributed by atoms with Gasteiger partial charge >= 0.3 is 5.97 Å². The lowest BCUT2D eigenvalue weighted by Crippen LogP contribution is -2.44. The minimum atomic E-state index is -0.203. The summed E-state index contributed by atoms with van der Waals surface area (Å²) >= 11 is 5.69. The van der Waals surface area contributed by atoms with Crippen molar-refractivity contribution in [3.63, 3.8) is 0 Å². The number of carbonyl (C=O) groups excluding carboxylic acids is 1. The predicted octanol–water partition coefficient (Wildman–Crippen LogP) is 1.38. The molecule has 13 heavy (non-hydrogen) atoms. The normalized spacial score (nSPS) is 12.8. The Bertz CT molecular complexity index is 208. The molecule has 0 spiro atoms. The molecule has 0 aliphatic carbocycles. The largest absolute Gasteiger partial charge is 0.465 e. The Balaban J connectivity index is 4.08. The Hall–Kier alpha value is -0.540. The van der Waals surface area contributed by atoms with E-state index in [2.05, 4.69) is 4.74 Å². The van der Waals surface area contributed by atoms with Crippen LogP contribution in [0.5, 0.6) is 0 Å². The van der Waals surface area contributed by atoms with E-state index in [4.69, 9.17) is 11.6 Å². The molecule has 0 rings (SSSR count). The van der Waals surface area contributed by atoms with Gasteiger partial charge < -0.3 is 9.22 Å². The van der Waals surface area contributed by atoms with E-state index in [0.29, 0.717) is 11.0 Å². The van der Waals surface area contributed by atoms with Crippen molar-refractivity contribution in [2.45, 2.75) is 6.92 Å². The second-order valence-electron chi connectivity index (χ2n) is 3.64. The number of allylic oxidation sites excluding steroid dienone is 1. The predicted molar refractivity (Wildman–Crippen MR) is 53.5 cm³/mol. The van der Waals surface area contributed by atoms with E-state index in [9.17, 15) is 4.79 Å². The molecule has 0 aliphatic rings. The van der Waals surface area contributed by atoms with E-state index in [1.807, 2.05) is 27.1 Å². The third-order valence-corrected chi connectivity index (χ3v) is 1.81. The molecule has 0 unspecified atom stereocenters. The molecule has 0 aliphatic heterocycles. The van der Waals surface area contributed by atoms with Crippen LogP contribution in [-0.2, 0) is 9.53 Å². The van der Waals surface area contributed by atoms with E-state index >= 15 is 0 Å². The fraction of sp³-hybridized carbons (Fsp3) is 0.667. The lowest BCUT2D eigenvalue weighted by molar-refractivity contribution is -0.877. The van der Waals surface area contributed by atoms with Crippen LogP contribution in [-0.4, -0.2) is 44.7 Å². The van der Waals surface area contributed by atoms with Crippen molar-refractivity contribution in [3.8, 4) is 0 Å². The van der Waals surface area contributed by atoms with Gasteiger partial charge in [0.05, 0.1) is 27.7 Å². The maximum Gasteiger partial charge on any atom is 0.361 e. The molecule has 0 bridgehead atoms.